The van der Waals surface area contributed by atoms with Gasteiger partial charge < -0.3 is 5.32 Å². The number of fused-ring (bicyclic) bond motifs is 1. The summed E-state index contributed by atoms with van der Waals surface area (Å²) in [6, 6.07) is 20.6. The number of allylic oxidation sites excluding steroid dienone is 1. The van der Waals surface area contributed by atoms with Gasteiger partial charge in [-0.15, -0.1) is 16.8 Å². The highest BCUT2D eigenvalue weighted by atomic mass is 32.2. The minimum Gasteiger partial charge on any atom is -0.353 e. The van der Waals surface area contributed by atoms with Crippen LogP contribution < -0.4 is 5.32 Å². The maximum Gasteiger partial charge on any atom is 0.230 e. The summed E-state index contributed by atoms with van der Waals surface area (Å²) in [5.41, 5.74) is 3.78. The number of rotatable bonds is 8. The van der Waals surface area contributed by atoms with Gasteiger partial charge in [-0.25, -0.2) is 4.98 Å². The SMILES string of the molecule is C=CCn1c(SCC(=O)NC2CC2)nnc1-c1cc(-c2ccccc2)nc2ccccc12. The van der Waals surface area contributed by atoms with E-state index in [-0.39, 0.29) is 5.91 Å². The number of thioether (sulfide) groups is 1. The zero-order chi connectivity index (χ0) is 21.9. The number of carbonyl (C=O) groups is 1. The largest absolute Gasteiger partial charge is 0.353 e. The standard InChI is InChI=1S/C25H23N5OS/c1-2-14-30-24(28-29-25(30)32-16-23(31)26-18-12-13-18)20-15-22(17-8-4-3-5-9-17)27-21-11-7-6-10-19(20)21/h2-11,15,18H,1,12-14,16H2,(H,26,31). The first-order valence-electron chi connectivity index (χ1n) is 10.6. The minimum atomic E-state index is 0.0351. The quantitative estimate of drug-likeness (QED) is 0.316. The van der Waals surface area contributed by atoms with Gasteiger partial charge in [0.1, 0.15) is 0 Å². The van der Waals surface area contributed by atoms with E-state index in [1.54, 1.807) is 0 Å². The molecule has 4 aromatic rings. The molecule has 1 saturated carbocycles. The summed E-state index contributed by atoms with van der Waals surface area (Å²) >= 11 is 1.40. The Balaban J connectivity index is 1.56. The van der Waals surface area contributed by atoms with Crippen LogP contribution >= 0.6 is 11.8 Å². The van der Waals surface area contributed by atoms with E-state index in [1.807, 2.05) is 47.0 Å². The second-order valence-corrected chi connectivity index (χ2v) is 8.72. The highest BCUT2D eigenvalue weighted by Gasteiger charge is 2.24. The Bertz CT molecular complexity index is 1280. The van der Waals surface area contributed by atoms with Crippen molar-refractivity contribution in [2.45, 2.75) is 30.6 Å². The van der Waals surface area contributed by atoms with Crippen LogP contribution in [-0.4, -0.2) is 37.5 Å². The Kier molecular flexibility index (Phi) is 5.73. The molecule has 1 aliphatic rings. The second kappa shape index (κ2) is 8.96. The number of nitrogens with zero attached hydrogens (tertiary/aromatic N) is 4. The zero-order valence-corrected chi connectivity index (χ0v) is 18.4. The molecule has 7 heteroatoms. The second-order valence-electron chi connectivity index (χ2n) is 7.77. The summed E-state index contributed by atoms with van der Waals surface area (Å²) in [7, 11) is 0. The number of hydrogen-bond acceptors (Lipinski definition) is 5. The lowest BCUT2D eigenvalue weighted by Crippen LogP contribution is -2.27. The zero-order valence-electron chi connectivity index (χ0n) is 17.6. The van der Waals surface area contributed by atoms with Crippen molar-refractivity contribution in [3.63, 3.8) is 0 Å². The topological polar surface area (TPSA) is 72.7 Å². The van der Waals surface area contributed by atoms with Crippen molar-refractivity contribution in [2.75, 3.05) is 5.75 Å². The molecule has 0 atom stereocenters. The maximum absolute atomic E-state index is 12.2. The van der Waals surface area contributed by atoms with Gasteiger partial charge in [0.2, 0.25) is 5.91 Å². The molecule has 160 valence electrons. The Morgan fingerprint density at radius 1 is 1.12 bits per heavy atom. The fourth-order valence-corrected chi connectivity index (χ4v) is 4.39. The molecule has 0 bridgehead atoms. The summed E-state index contributed by atoms with van der Waals surface area (Å²) < 4.78 is 2.01. The molecule has 6 nitrogen and oxygen atoms in total. The number of aromatic nitrogens is 4. The van der Waals surface area contributed by atoms with Crippen LogP contribution in [0.3, 0.4) is 0 Å². The first-order valence-corrected chi connectivity index (χ1v) is 11.6. The lowest BCUT2D eigenvalue weighted by Gasteiger charge is -2.12. The third-order valence-electron chi connectivity index (χ3n) is 5.33. The van der Waals surface area contributed by atoms with Gasteiger partial charge in [-0.2, -0.15) is 0 Å². The molecular weight excluding hydrogens is 418 g/mol. The van der Waals surface area contributed by atoms with Crippen LogP contribution in [0.4, 0.5) is 0 Å². The van der Waals surface area contributed by atoms with Crippen LogP contribution in [0, 0.1) is 0 Å². The Morgan fingerprint density at radius 3 is 2.69 bits per heavy atom. The van der Waals surface area contributed by atoms with Gasteiger partial charge in [-0.1, -0.05) is 66.4 Å². The van der Waals surface area contributed by atoms with Gasteiger partial charge in [0.05, 0.1) is 17.0 Å². The van der Waals surface area contributed by atoms with E-state index in [2.05, 4.69) is 46.4 Å². The number of benzene rings is 2. The average molecular weight is 442 g/mol. The van der Waals surface area contributed by atoms with Crippen molar-refractivity contribution in [2.24, 2.45) is 0 Å². The number of pyridine rings is 1. The summed E-state index contributed by atoms with van der Waals surface area (Å²) in [6.45, 7) is 4.45. The van der Waals surface area contributed by atoms with Crippen LogP contribution in [0.5, 0.6) is 0 Å². The van der Waals surface area contributed by atoms with Crippen molar-refractivity contribution in [1.29, 1.82) is 0 Å². The van der Waals surface area contributed by atoms with E-state index in [1.165, 1.54) is 11.8 Å². The number of para-hydroxylation sites is 1. The van der Waals surface area contributed by atoms with Crippen molar-refractivity contribution >= 4 is 28.6 Å². The normalized spacial score (nSPS) is 13.2. The first-order chi connectivity index (χ1) is 15.7. The molecule has 2 heterocycles. The molecule has 1 N–H and O–H groups in total. The van der Waals surface area contributed by atoms with Gasteiger partial charge in [-0.3, -0.25) is 9.36 Å². The third kappa shape index (κ3) is 4.29. The average Bonchev–Trinajstić information content (AvgIpc) is 3.56. The molecule has 0 spiro atoms. The smallest absolute Gasteiger partial charge is 0.230 e. The summed E-state index contributed by atoms with van der Waals surface area (Å²) in [5.74, 6) is 1.09. The lowest BCUT2D eigenvalue weighted by molar-refractivity contribution is -0.118. The van der Waals surface area contributed by atoms with Crippen LogP contribution in [0.2, 0.25) is 0 Å². The molecule has 0 saturated heterocycles. The summed E-state index contributed by atoms with van der Waals surface area (Å²) in [4.78, 5) is 17.0. The Labute approximate surface area is 190 Å². The van der Waals surface area contributed by atoms with E-state index in [9.17, 15) is 4.79 Å². The molecule has 0 radical (unpaired) electrons. The molecule has 2 aromatic carbocycles. The van der Waals surface area contributed by atoms with E-state index in [0.29, 0.717) is 23.5 Å². The van der Waals surface area contributed by atoms with Crippen LogP contribution in [0.1, 0.15) is 12.8 Å². The van der Waals surface area contributed by atoms with Crippen molar-refractivity contribution in [3.05, 3.63) is 73.3 Å². The molecule has 0 unspecified atom stereocenters. The lowest BCUT2D eigenvalue weighted by atomic mass is 10.0. The molecule has 0 aliphatic heterocycles. The van der Waals surface area contributed by atoms with Gasteiger partial charge in [0, 0.05) is 29.1 Å². The van der Waals surface area contributed by atoms with Crippen LogP contribution in [0.15, 0.2) is 78.5 Å². The molecule has 1 amide bonds. The maximum atomic E-state index is 12.2. The van der Waals surface area contributed by atoms with Crippen molar-refractivity contribution < 1.29 is 4.79 Å². The van der Waals surface area contributed by atoms with E-state index >= 15 is 0 Å². The molecule has 5 rings (SSSR count). The number of hydrogen-bond donors (Lipinski definition) is 1. The Hall–Kier alpha value is -3.45. The van der Waals surface area contributed by atoms with E-state index in [0.717, 1.165) is 46.4 Å². The van der Waals surface area contributed by atoms with E-state index in [4.69, 9.17) is 4.98 Å². The van der Waals surface area contributed by atoms with Gasteiger partial charge in [0.15, 0.2) is 11.0 Å². The highest BCUT2D eigenvalue weighted by Crippen LogP contribution is 2.33. The first kappa shape index (κ1) is 20.5. The molecule has 1 fully saturated rings. The van der Waals surface area contributed by atoms with Gasteiger partial charge in [-0.05, 0) is 25.0 Å². The predicted octanol–water partition coefficient (Wildman–Crippen LogP) is 4.72. The molecular formula is C25H23N5OS. The van der Waals surface area contributed by atoms with Crippen molar-refractivity contribution in [1.82, 2.24) is 25.1 Å². The van der Waals surface area contributed by atoms with Crippen LogP contribution in [0.25, 0.3) is 33.5 Å². The molecule has 2 aromatic heterocycles. The fourth-order valence-electron chi connectivity index (χ4n) is 3.63. The summed E-state index contributed by atoms with van der Waals surface area (Å²) in [6.07, 6.45) is 3.97. The Morgan fingerprint density at radius 2 is 1.91 bits per heavy atom. The number of nitrogens with one attached hydrogen (secondary N) is 1. The highest BCUT2D eigenvalue weighted by molar-refractivity contribution is 7.99. The van der Waals surface area contributed by atoms with E-state index < -0.39 is 0 Å². The van der Waals surface area contributed by atoms with Gasteiger partial charge >= 0.3 is 0 Å². The molecule has 32 heavy (non-hydrogen) atoms. The third-order valence-corrected chi connectivity index (χ3v) is 6.30. The predicted molar refractivity (Wildman–Crippen MR) is 128 cm³/mol. The summed E-state index contributed by atoms with van der Waals surface area (Å²) in [5, 5.41) is 13.7. The molecule has 1 aliphatic carbocycles. The fraction of sp³-hybridized carbons (Fsp3) is 0.200. The monoisotopic (exact) mass is 441 g/mol. The number of amides is 1. The minimum absolute atomic E-state index is 0.0351. The van der Waals surface area contributed by atoms with Crippen molar-refractivity contribution in [3.8, 4) is 22.6 Å². The van der Waals surface area contributed by atoms with Crippen LogP contribution in [-0.2, 0) is 11.3 Å². The number of carbonyl (C=O) groups excluding carboxylic acids is 1. The van der Waals surface area contributed by atoms with Gasteiger partial charge in [0.25, 0.3) is 0 Å².